The van der Waals surface area contributed by atoms with Gasteiger partial charge in [-0.3, -0.25) is 4.79 Å². The van der Waals surface area contributed by atoms with Crippen molar-refractivity contribution in [3.8, 4) is 34.3 Å². The highest BCUT2D eigenvalue weighted by molar-refractivity contribution is 5.89. The number of benzene rings is 2. The number of hydrogen-bond acceptors (Lipinski definition) is 15. The molecule has 0 spiro atoms. The first-order valence-corrected chi connectivity index (χ1v) is 12.8. The second-order valence-electron chi connectivity index (χ2n) is 10.0. The van der Waals surface area contributed by atoms with Crippen molar-refractivity contribution in [3.63, 3.8) is 0 Å². The Bertz CT molecular complexity index is 1500. The fraction of sp³-hybridized carbons (Fsp3) is 0.444. The highest BCUT2D eigenvalue weighted by atomic mass is 16.7. The van der Waals surface area contributed by atoms with Gasteiger partial charge in [0.25, 0.3) is 0 Å². The van der Waals surface area contributed by atoms with E-state index in [0.717, 1.165) is 12.1 Å². The molecule has 0 radical (unpaired) electrons. The van der Waals surface area contributed by atoms with E-state index >= 15 is 0 Å². The third-order valence-electron chi connectivity index (χ3n) is 7.36. The predicted molar refractivity (Wildman–Crippen MR) is 139 cm³/mol. The van der Waals surface area contributed by atoms with Gasteiger partial charge in [0.1, 0.15) is 71.5 Å². The van der Waals surface area contributed by atoms with E-state index < -0.39 is 85.3 Å². The normalized spacial score (nSPS) is 31.7. The fourth-order valence-corrected chi connectivity index (χ4v) is 5.10. The molecule has 15 heteroatoms. The van der Waals surface area contributed by atoms with Crippen LogP contribution in [0.3, 0.4) is 0 Å². The summed E-state index contributed by atoms with van der Waals surface area (Å²) >= 11 is 0. The summed E-state index contributed by atoms with van der Waals surface area (Å²) < 4.78 is 27.9. The van der Waals surface area contributed by atoms with Crippen molar-refractivity contribution in [2.24, 2.45) is 0 Å². The zero-order chi connectivity index (χ0) is 30.5. The number of hydrogen-bond donors (Lipinski definition) is 9. The van der Waals surface area contributed by atoms with E-state index in [4.69, 9.17) is 23.4 Å². The van der Waals surface area contributed by atoms with Gasteiger partial charge in [0, 0.05) is 17.7 Å². The molecule has 9 atom stereocenters. The van der Waals surface area contributed by atoms with E-state index in [1.165, 1.54) is 25.3 Å². The first-order chi connectivity index (χ1) is 20.0. The van der Waals surface area contributed by atoms with Crippen molar-refractivity contribution in [1.82, 2.24) is 0 Å². The Morgan fingerprint density at radius 1 is 0.905 bits per heavy atom. The SMILES string of the molecule is COc1cc(-c2cc(=O)c3c(O)cc(O)c([C@@H]4OC[C@@H](O)[C@H](O)C4O[C@@H]4OC(CO)[C@@H](O)[C@H](O)C4O)c3o2)ccc1O. The van der Waals surface area contributed by atoms with Crippen LogP contribution in [-0.4, -0.2) is 115 Å². The molecular formula is C27H30O15. The van der Waals surface area contributed by atoms with E-state index in [-0.39, 0.29) is 39.4 Å². The van der Waals surface area contributed by atoms with Crippen LogP contribution in [0.2, 0.25) is 0 Å². The zero-order valence-electron chi connectivity index (χ0n) is 22.0. The van der Waals surface area contributed by atoms with Crippen molar-refractivity contribution in [2.45, 2.75) is 55.1 Å². The van der Waals surface area contributed by atoms with Crippen LogP contribution in [0.1, 0.15) is 11.7 Å². The molecule has 0 saturated carbocycles. The Morgan fingerprint density at radius 2 is 1.64 bits per heavy atom. The van der Waals surface area contributed by atoms with Crippen molar-refractivity contribution >= 4 is 11.0 Å². The van der Waals surface area contributed by atoms with Crippen LogP contribution in [0, 0.1) is 0 Å². The summed E-state index contributed by atoms with van der Waals surface area (Å²) in [6.45, 7) is -1.25. The van der Waals surface area contributed by atoms with Gasteiger partial charge >= 0.3 is 0 Å². The highest BCUT2D eigenvalue weighted by Crippen LogP contribution is 2.44. The first kappa shape index (κ1) is 30.0. The molecule has 9 N–H and O–H groups in total. The topological polar surface area (TPSA) is 249 Å². The van der Waals surface area contributed by atoms with Crippen molar-refractivity contribution in [1.29, 1.82) is 0 Å². The van der Waals surface area contributed by atoms with Crippen LogP contribution in [0.25, 0.3) is 22.3 Å². The maximum Gasteiger partial charge on any atom is 0.197 e. The number of phenolic OH excluding ortho intramolecular Hbond substituents is 3. The number of fused-ring (bicyclic) bond motifs is 1. The summed E-state index contributed by atoms with van der Waals surface area (Å²) in [5, 5.41) is 92.6. The molecule has 3 unspecified atom stereocenters. The minimum Gasteiger partial charge on any atom is -0.507 e. The molecule has 0 aliphatic carbocycles. The maximum atomic E-state index is 13.2. The highest BCUT2D eigenvalue weighted by Gasteiger charge is 2.49. The summed E-state index contributed by atoms with van der Waals surface area (Å²) in [6, 6.07) is 6.02. The van der Waals surface area contributed by atoms with E-state index in [2.05, 4.69) is 0 Å². The van der Waals surface area contributed by atoms with Crippen LogP contribution in [0.15, 0.2) is 39.5 Å². The van der Waals surface area contributed by atoms with E-state index in [1.807, 2.05) is 0 Å². The Balaban J connectivity index is 1.63. The zero-order valence-corrected chi connectivity index (χ0v) is 22.0. The molecule has 2 fully saturated rings. The lowest BCUT2D eigenvalue weighted by Crippen LogP contribution is -2.61. The average Bonchev–Trinajstić information content (AvgIpc) is 2.96. The lowest BCUT2D eigenvalue weighted by molar-refractivity contribution is -0.336. The molecule has 3 heterocycles. The van der Waals surface area contributed by atoms with Gasteiger partial charge in [-0.1, -0.05) is 0 Å². The molecular weight excluding hydrogens is 564 g/mol. The summed E-state index contributed by atoms with van der Waals surface area (Å²) in [5.74, 6) is -1.48. The molecule has 15 nitrogen and oxygen atoms in total. The smallest absolute Gasteiger partial charge is 0.197 e. The van der Waals surface area contributed by atoms with Crippen LogP contribution in [0.4, 0.5) is 0 Å². The van der Waals surface area contributed by atoms with E-state index in [0.29, 0.717) is 0 Å². The van der Waals surface area contributed by atoms with Gasteiger partial charge in [-0.25, -0.2) is 0 Å². The second kappa shape index (κ2) is 11.6. The standard InChI is InChI=1S/C27H30O15/c1-38-16-4-9(2-3-10(16)29)15-6-13(32)18-11(30)5-12(31)19(24(18)40-15)25-26(20(34)14(33)8-39-25)42-27-23(37)22(36)21(35)17(7-28)41-27/h2-6,14,17,20-23,25-31,33-37H,7-8H2,1H3/t14-,17?,20+,21-,22+,23?,25+,26?,27+/m1/s1. The molecule has 0 amide bonds. The number of methoxy groups -OCH3 is 1. The minimum atomic E-state index is -1.88. The van der Waals surface area contributed by atoms with E-state index in [1.54, 1.807) is 0 Å². The van der Waals surface area contributed by atoms with Gasteiger partial charge in [0.15, 0.2) is 28.8 Å². The first-order valence-electron chi connectivity index (χ1n) is 12.8. The van der Waals surface area contributed by atoms with Crippen molar-refractivity contribution in [3.05, 3.63) is 46.1 Å². The molecule has 2 aliphatic heterocycles. The molecule has 5 rings (SSSR count). The monoisotopic (exact) mass is 594 g/mol. The summed E-state index contributed by atoms with van der Waals surface area (Å²) in [4.78, 5) is 13.2. The van der Waals surface area contributed by atoms with Gasteiger partial charge < -0.3 is 69.3 Å². The molecule has 0 bridgehead atoms. The van der Waals surface area contributed by atoms with Crippen molar-refractivity contribution in [2.75, 3.05) is 20.3 Å². The largest absolute Gasteiger partial charge is 0.507 e. The molecule has 228 valence electrons. The number of aliphatic hydroxyl groups is 6. The molecule has 2 aliphatic rings. The lowest BCUT2D eigenvalue weighted by atomic mass is 9.91. The molecule has 1 aromatic heterocycles. The summed E-state index contributed by atoms with van der Waals surface area (Å²) in [5.41, 5.74) is -1.13. The molecule has 2 aromatic carbocycles. The van der Waals surface area contributed by atoms with Gasteiger partial charge in [-0.05, 0) is 18.2 Å². The number of ether oxygens (including phenoxy) is 4. The third kappa shape index (κ3) is 5.15. The third-order valence-corrected chi connectivity index (χ3v) is 7.36. The summed E-state index contributed by atoms with van der Waals surface area (Å²) in [6.07, 6.45) is -15.0. The maximum absolute atomic E-state index is 13.2. The Hall–Kier alpha value is -3.51. The Morgan fingerprint density at radius 3 is 2.33 bits per heavy atom. The molecule has 42 heavy (non-hydrogen) atoms. The number of aliphatic hydroxyl groups excluding tert-OH is 6. The van der Waals surface area contributed by atoms with Crippen LogP contribution < -0.4 is 10.2 Å². The Labute approximate surface area is 236 Å². The number of rotatable bonds is 6. The lowest BCUT2D eigenvalue weighted by Gasteiger charge is -2.44. The van der Waals surface area contributed by atoms with Gasteiger partial charge in [-0.2, -0.15) is 0 Å². The van der Waals surface area contributed by atoms with Crippen LogP contribution >= 0.6 is 0 Å². The molecule has 2 saturated heterocycles. The Kier molecular flexibility index (Phi) is 8.30. The molecule has 3 aromatic rings. The van der Waals surface area contributed by atoms with Crippen molar-refractivity contribution < 1.29 is 69.3 Å². The number of phenols is 3. The second-order valence-corrected chi connectivity index (χ2v) is 10.0. The number of aromatic hydroxyl groups is 3. The summed E-state index contributed by atoms with van der Waals surface area (Å²) in [7, 11) is 1.32. The van der Waals surface area contributed by atoms with Crippen LogP contribution in [0.5, 0.6) is 23.0 Å². The van der Waals surface area contributed by atoms with E-state index in [9.17, 15) is 50.8 Å². The van der Waals surface area contributed by atoms with Gasteiger partial charge in [0.2, 0.25) is 0 Å². The van der Waals surface area contributed by atoms with Crippen LogP contribution in [-0.2, 0) is 14.2 Å². The quantitative estimate of drug-likeness (QED) is 0.159. The predicted octanol–water partition coefficient (Wildman–Crippen LogP) is -1.44. The minimum absolute atomic E-state index is 0.0648. The van der Waals surface area contributed by atoms with Gasteiger partial charge in [-0.15, -0.1) is 0 Å². The fourth-order valence-electron chi connectivity index (χ4n) is 5.10. The van der Waals surface area contributed by atoms with Gasteiger partial charge in [0.05, 0.1) is 25.9 Å². The average molecular weight is 595 g/mol.